The third-order valence-electron chi connectivity index (χ3n) is 3.26. The van der Waals surface area contributed by atoms with Crippen LogP contribution in [0.25, 0.3) is 17.0 Å². The Labute approximate surface area is 139 Å². The van der Waals surface area contributed by atoms with Crippen LogP contribution in [0, 0.1) is 0 Å². The Balaban J connectivity index is 1.67. The summed E-state index contributed by atoms with van der Waals surface area (Å²) in [4.78, 5) is 9.06. The molecule has 4 rings (SSSR count). The Kier molecular flexibility index (Phi) is 3.40. The van der Waals surface area contributed by atoms with Crippen molar-refractivity contribution in [1.29, 1.82) is 0 Å². The van der Waals surface area contributed by atoms with Gasteiger partial charge in [0.05, 0.1) is 11.9 Å². The first-order valence-corrected chi connectivity index (χ1v) is 8.37. The van der Waals surface area contributed by atoms with Gasteiger partial charge in [-0.1, -0.05) is 28.1 Å². The second-order valence-corrected chi connectivity index (χ2v) is 6.52. The summed E-state index contributed by atoms with van der Waals surface area (Å²) in [5, 5.41) is 6.22. The minimum absolute atomic E-state index is 0.860. The van der Waals surface area contributed by atoms with Gasteiger partial charge in [-0.3, -0.25) is 4.40 Å². The highest BCUT2D eigenvalue weighted by molar-refractivity contribution is 9.10. The molecule has 0 fully saturated rings. The predicted molar refractivity (Wildman–Crippen MR) is 93.7 cm³/mol. The summed E-state index contributed by atoms with van der Waals surface area (Å²) >= 11 is 5.05. The van der Waals surface area contributed by atoms with Gasteiger partial charge in [0.2, 0.25) is 0 Å². The number of thiazole rings is 1. The van der Waals surface area contributed by atoms with Crippen LogP contribution in [0.2, 0.25) is 0 Å². The van der Waals surface area contributed by atoms with Crippen LogP contribution in [-0.2, 0) is 0 Å². The van der Waals surface area contributed by atoms with E-state index in [9.17, 15) is 0 Å². The molecular weight excluding hydrogens is 360 g/mol. The highest BCUT2D eigenvalue weighted by Gasteiger charge is 2.09. The molecule has 1 aromatic carbocycles. The normalized spacial score (nSPS) is 11.0. The van der Waals surface area contributed by atoms with Crippen molar-refractivity contribution in [3.8, 4) is 11.4 Å². The van der Waals surface area contributed by atoms with E-state index in [1.165, 1.54) is 0 Å². The lowest BCUT2D eigenvalue weighted by Gasteiger charge is -2.02. The molecule has 0 aliphatic carbocycles. The minimum atomic E-state index is 0.860. The number of rotatable bonds is 3. The number of hydrogen-bond donors (Lipinski definition) is 1. The fourth-order valence-corrected chi connectivity index (χ4v) is 3.38. The fraction of sp³-hybridized carbons (Fsp3) is 0. The van der Waals surface area contributed by atoms with Crippen molar-refractivity contribution >= 4 is 43.7 Å². The van der Waals surface area contributed by atoms with Gasteiger partial charge >= 0.3 is 0 Å². The largest absolute Gasteiger partial charge is 0.332 e. The summed E-state index contributed by atoms with van der Waals surface area (Å²) in [6, 6.07) is 14.0. The first kappa shape index (κ1) is 13.5. The number of nitrogens with one attached hydrogen (secondary N) is 1. The second-order valence-electron chi connectivity index (χ2n) is 4.75. The van der Waals surface area contributed by atoms with Gasteiger partial charge in [0.25, 0.3) is 0 Å². The number of benzene rings is 1. The van der Waals surface area contributed by atoms with Gasteiger partial charge in [-0.2, -0.15) is 0 Å². The molecule has 0 atom stereocenters. The molecule has 0 saturated carbocycles. The van der Waals surface area contributed by atoms with Crippen LogP contribution in [0.5, 0.6) is 0 Å². The third-order valence-corrected chi connectivity index (χ3v) is 4.51. The number of nitrogens with zero attached hydrogens (tertiary/aromatic N) is 3. The van der Waals surface area contributed by atoms with Gasteiger partial charge in [0.15, 0.2) is 5.13 Å². The number of fused-ring (bicyclic) bond motifs is 1. The summed E-state index contributed by atoms with van der Waals surface area (Å²) in [5.74, 6) is 0. The first-order chi connectivity index (χ1) is 10.8. The maximum atomic E-state index is 4.66. The maximum absolute atomic E-state index is 4.66. The van der Waals surface area contributed by atoms with Crippen molar-refractivity contribution in [3.05, 3.63) is 64.7 Å². The van der Waals surface area contributed by atoms with E-state index in [4.69, 9.17) is 0 Å². The van der Waals surface area contributed by atoms with Crippen LogP contribution in [-0.4, -0.2) is 14.4 Å². The summed E-state index contributed by atoms with van der Waals surface area (Å²) in [6.45, 7) is 0. The first-order valence-electron chi connectivity index (χ1n) is 6.70. The smallest absolute Gasteiger partial charge is 0.187 e. The van der Waals surface area contributed by atoms with Crippen molar-refractivity contribution in [2.24, 2.45) is 0 Å². The summed E-state index contributed by atoms with van der Waals surface area (Å²) in [7, 11) is 0. The van der Waals surface area contributed by atoms with Crippen molar-refractivity contribution < 1.29 is 0 Å². The quantitative estimate of drug-likeness (QED) is 0.553. The maximum Gasteiger partial charge on any atom is 0.187 e. The number of pyridine rings is 1. The number of hydrogen-bond acceptors (Lipinski definition) is 4. The highest BCUT2D eigenvalue weighted by atomic mass is 79.9. The SMILES string of the molecule is Brc1cccc(Nc2nc(-c3cnc4ccccn34)cs2)c1. The van der Waals surface area contributed by atoms with E-state index in [2.05, 4.69) is 31.2 Å². The molecule has 3 heterocycles. The third kappa shape index (κ3) is 2.51. The molecule has 0 radical (unpaired) electrons. The average Bonchev–Trinajstić information content (AvgIpc) is 3.13. The number of anilines is 2. The van der Waals surface area contributed by atoms with E-state index in [1.54, 1.807) is 11.3 Å². The van der Waals surface area contributed by atoms with Crippen LogP contribution < -0.4 is 5.32 Å². The number of halogens is 1. The monoisotopic (exact) mass is 370 g/mol. The van der Waals surface area contributed by atoms with E-state index in [-0.39, 0.29) is 0 Å². The van der Waals surface area contributed by atoms with Crippen molar-refractivity contribution in [1.82, 2.24) is 14.4 Å². The zero-order chi connectivity index (χ0) is 14.9. The Morgan fingerprint density at radius 1 is 1.14 bits per heavy atom. The molecule has 3 aromatic heterocycles. The standard InChI is InChI=1S/C16H11BrN4S/c17-11-4-3-5-12(8-11)19-16-20-13(10-22-16)14-9-18-15-6-1-2-7-21(14)15/h1-10H,(H,19,20). The topological polar surface area (TPSA) is 42.2 Å². The molecule has 0 unspecified atom stereocenters. The van der Waals surface area contributed by atoms with E-state index in [1.807, 2.05) is 64.6 Å². The minimum Gasteiger partial charge on any atom is -0.332 e. The van der Waals surface area contributed by atoms with Crippen LogP contribution in [0.3, 0.4) is 0 Å². The molecule has 0 aliphatic rings. The van der Waals surface area contributed by atoms with E-state index < -0.39 is 0 Å². The lowest BCUT2D eigenvalue weighted by Crippen LogP contribution is -1.90. The molecule has 4 nitrogen and oxygen atoms in total. The summed E-state index contributed by atoms with van der Waals surface area (Å²) in [6.07, 6.45) is 3.85. The number of imidazole rings is 1. The molecule has 0 saturated heterocycles. The van der Waals surface area contributed by atoms with Crippen LogP contribution in [0.15, 0.2) is 64.7 Å². The molecule has 108 valence electrons. The van der Waals surface area contributed by atoms with E-state index >= 15 is 0 Å². The van der Waals surface area contributed by atoms with Crippen molar-refractivity contribution in [2.75, 3.05) is 5.32 Å². The lowest BCUT2D eigenvalue weighted by atomic mass is 10.3. The number of aromatic nitrogens is 3. The Bertz CT molecular complexity index is 944. The van der Waals surface area contributed by atoms with Crippen LogP contribution in [0.1, 0.15) is 0 Å². The molecule has 22 heavy (non-hydrogen) atoms. The Morgan fingerprint density at radius 3 is 3.00 bits per heavy atom. The molecule has 4 aromatic rings. The predicted octanol–water partition coefficient (Wildman–Crippen LogP) is 4.96. The zero-order valence-corrected chi connectivity index (χ0v) is 13.8. The average molecular weight is 371 g/mol. The molecule has 0 spiro atoms. The van der Waals surface area contributed by atoms with Crippen LogP contribution in [0.4, 0.5) is 10.8 Å². The van der Waals surface area contributed by atoms with Gasteiger partial charge in [-0.15, -0.1) is 11.3 Å². The molecule has 1 N–H and O–H groups in total. The summed E-state index contributed by atoms with van der Waals surface area (Å²) in [5.41, 5.74) is 3.84. The molecular formula is C16H11BrN4S. The lowest BCUT2D eigenvalue weighted by molar-refractivity contribution is 1.18. The van der Waals surface area contributed by atoms with E-state index in [0.29, 0.717) is 0 Å². The molecule has 0 bridgehead atoms. The van der Waals surface area contributed by atoms with Gasteiger partial charge in [0.1, 0.15) is 11.3 Å². The van der Waals surface area contributed by atoms with Gasteiger partial charge in [-0.05, 0) is 30.3 Å². The van der Waals surface area contributed by atoms with Gasteiger partial charge in [0, 0.05) is 21.7 Å². The highest BCUT2D eigenvalue weighted by Crippen LogP contribution is 2.28. The van der Waals surface area contributed by atoms with Crippen LogP contribution >= 0.6 is 27.3 Å². The Morgan fingerprint density at radius 2 is 2.09 bits per heavy atom. The molecule has 0 amide bonds. The van der Waals surface area contributed by atoms with Gasteiger partial charge < -0.3 is 5.32 Å². The van der Waals surface area contributed by atoms with Crippen molar-refractivity contribution in [2.45, 2.75) is 0 Å². The molecule has 0 aliphatic heterocycles. The summed E-state index contributed by atoms with van der Waals surface area (Å²) < 4.78 is 3.08. The Hall–Kier alpha value is -2.18. The van der Waals surface area contributed by atoms with E-state index in [0.717, 1.165) is 32.3 Å². The fourth-order valence-electron chi connectivity index (χ4n) is 2.26. The van der Waals surface area contributed by atoms with Gasteiger partial charge in [-0.25, -0.2) is 9.97 Å². The second kappa shape index (κ2) is 5.55. The van der Waals surface area contributed by atoms with Crippen molar-refractivity contribution in [3.63, 3.8) is 0 Å². The molecule has 6 heteroatoms. The zero-order valence-electron chi connectivity index (χ0n) is 11.4.